The zero-order valence-electron chi connectivity index (χ0n) is 15.5. The highest BCUT2D eigenvalue weighted by Crippen LogP contribution is 2.38. The first-order valence-corrected chi connectivity index (χ1v) is 8.59. The Morgan fingerprint density at radius 1 is 1.00 bits per heavy atom. The normalized spacial score (nSPS) is 10.6. The van der Waals surface area contributed by atoms with E-state index in [1.54, 1.807) is 18.3 Å². The molecule has 0 spiro atoms. The van der Waals surface area contributed by atoms with Crippen LogP contribution in [0.3, 0.4) is 0 Å². The Morgan fingerprint density at radius 3 is 2.11 bits per heavy atom. The number of aryl methyl sites for hydroxylation is 1. The molecule has 0 aliphatic heterocycles. The van der Waals surface area contributed by atoms with Gasteiger partial charge in [0.25, 0.3) is 0 Å². The molecule has 27 heavy (non-hydrogen) atoms. The Balaban J connectivity index is 2.02. The minimum absolute atomic E-state index is 0.268. The van der Waals surface area contributed by atoms with Crippen LogP contribution in [-0.4, -0.2) is 36.1 Å². The van der Waals surface area contributed by atoms with Gasteiger partial charge in [-0.1, -0.05) is 42.6 Å². The number of ether oxygens (including phenoxy) is 3. The maximum Gasteiger partial charge on any atom is 0.213 e. The van der Waals surface area contributed by atoms with Crippen LogP contribution in [0.25, 0.3) is 11.4 Å². The van der Waals surface area contributed by atoms with Gasteiger partial charge in [0, 0.05) is 17.3 Å². The average Bonchev–Trinajstić information content (AvgIpc) is 3.08. The molecule has 0 bridgehead atoms. The second-order valence-corrected chi connectivity index (χ2v) is 6.33. The minimum Gasteiger partial charge on any atom is -0.493 e. The number of thiol groups is 1. The van der Waals surface area contributed by atoms with Crippen molar-refractivity contribution in [1.29, 1.82) is 0 Å². The molecule has 0 fully saturated rings. The van der Waals surface area contributed by atoms with Crippen molar-refractivity contribution < 1.29 is 19.0 Å². The zero-order chi connectivity index (χ0) is 19.6. The molecule has 0 saturated carbocycles. The number of hydrogen-bond donors (Lipinski definition) is 1. The van der Waals surface area contributed by atoms with E-state index in [4.69, 9.17) is 14.2 Å². The van der Waals surface area contributed by atoms with Crippen LogP contribution >= 0.6 is 12.8 Å². The summed E-state index contributed by atoms with van der Waals surface area (Å²) in [6.07, 6.45) is 1.59. The number of ketones is 1. The molecule has 0 aliphatic rings. The Kier molecular flexibility index (Phi) is 5.41. The first-order valence-electron chi connectivity index (χ1n) is 8.19. The van der Waals surface area contributed by atoms with Crippen LogP contribution in [0.5, 0.6) is 17.2 Å². The molecule has 0 amide bonds. The summed E-state index contributed by atoms with van der Waals surface area (Å²) < 4.78 is 17.5. The second kappa shape index (κ2) is 7.75. The van der Waals surface area contributed by atoms with Crippen molar-refractivity contribution in [3.8, 4) is 28.6 Å². The highest BCUT2D eigenvalue weighted by atomic mass is 32.1. The topological polar surface area (TPSA) is 62.6 Å². The number of benzene rings is 2. The summed E-state index contributed by atoms with van der Waals surface area (Å²) in [5.41, 5.74) is 2.67. The predicted molar refractivity (Wildman–Crippen MR) is 106 cm³/mol. The number of hydrogen-bond acceptors (Lipinski definition) is 6. The fraction of sp³-hybridized carbons (Fsp3) is 0.200. The Morgan fingerprint density at radius 2 is 1.59 bits per heavy atom. The largest absolute Gasteiger partial charge is 0.493 e. The summed E-state index contributed by atoms with van der Waals surface area (Å²) in [6, 6.07) is 11.1. The SMILES string of the molecule is COc1cc(C(=O)c2cn(S)c(-c3ccc(C)cc3)n2)cc(OC)c1OC. The van der Waals surface area contributed by atoms with Gasteiger partial charge in [0.2, 0.25) is 11.5 Å². The molecule has 0 atom stereocenters. The average molecular weight is 384 g/mol. The third-order valence-corrected chi connectivity index (χ3v) is 4.46. The lowest BCUT2D eigenvalue weighted by molar-refractivity contribution is 0.103. The Bertz CT molecular complexity index is 955. The lowest BCUT2D eigenvalue weighted by Crippen LogP contribution is -2.04. The molecule has 140 valence electrons. The summed E-state index contributed by atoms with van der Waals surface area (Å²) in [7, 11) is 4.52. The summed E-state index contributed by atoms with van der Waals surface area (Å²) in [6.45, 7) is 2.01. The van der Waals surface area contributed by atoms with E-state index in [9.17, 15) is 4.79 Å². The lowest BCUT2D eigenvalue weighted by Gasteiger charge is -2.13. The van der Waals surface area contributed by atoms with Crippen LogP contribution in [-0.2, 0) is 0 Å². The smallest absolute Gasteiger partial charge is 0.213 e. The molecule has 0 aliphatic carbocycles. The van der Waals surface area contributed by atoms with Crippen molar-refractivity contribution in [2.45, 2.75) is 6.92 Å². The summed E-state index contributed by atoms with van der Waals surface area (Å²) in [5.74, 6) is 1.56. The molecule has 3 rings (SSSR count). The highest BCUT2D eigenvalue weighted by Gasteiger charge is 2.21. The lowest BCUT2D eigenvalue weighted by atomic mass is 10.1. The number of aromatic nitrogens is 2. The van der Waals surface area contributed by atoms with Gasteiger partial charge in [-0.2, -0.15) is 0 Å². The van der Waals surface area contributed by atoms with Crippen molar-refractivity contribution in [2.75, 3.05) is 21.3 Å². The van der Waals surface area contributed by atoms with E-state index in [1.165, 1.54) is 25.3 Å². The summed E-state index contributed by atoms with van der Waals surface area (Å²) in [4.78, 5) is 17.4. The molecule has 2 aromatic carbocycles. The van der Waals surface area contributed by atoms with Gasteiger partial charge in [0.05, 0.1) is 21.3 Å². The Labute approximate surface area is 163 Å². The molecule has 1 aromatic heterocycles. The van der Waals surface area contributed by atoms with Gasteiger partial charge in [-0.25, -0.2) is 4.98 Å². The van der Waals surface area contributed by atoms with Crippen molar-refractivity contribution in [3.05, 3.63) is 59.4 Å². The van der Waals surface area contributed by atoms with Crippen LogP contribution in [0.15, 0.2) is 42.6 Å². The number of carbonyl (C=O) groups excluding carboxylic acids is 1. The van der Waals surface area contributed by atoms with Gasteiger partial charge < -0.3 is 14.2 Å². The second-order valence-electron chi connectivity index (χ2n) is 5.90. The fourth-order valence-corrected chi connectivity index (χ4v) is 3.01. The number of imidazole rings is 1. The predicted octanol–water partition coefficient (Wildman–Crippen LogP) is 3.81. The maximum atomic E-state index is 13.0. The quantitative estimate of drug-likeness (QED) is 0.517. The maximum absolute atomic E-state index is 13.0. The molecular formula is C20H20N2O4S. The van der Waals surface area contributed by atoms with E-state index >= 15 is 0 Å². The third kappa shape index (κ3) is 3.64. The number of nitrogens with zero attached hydrogens (tertiary/aromatic N) is 2. The Hall–Kier alpha value is -2.93. The van der Waals surface area contributed by atoms with E-state index < -0.39 is 0 Å². The van der Waals surface area contributed by atoms with E-state index in [0.29, 0.717) is 28.6 Å². The van der Waals surface area contributed by atoms with Gasteiger partial charge in [-0.15, -0.1) is 0 Å². The third-order valence-electron chi connectivity index (χ3n) is 4.16. The van der Waals surface area contributed by atoms with Gasteiger partial charge in [-0.05, 0) is 19.1 Å². The van der Waals surface area contributed by atoms with E-state index in [0.717, 1.165) is 11.1 Å². The summed E-state index contributed by atoms with van der Waals surface area (Å²) in [5, 5.41) is 0. The number of methoxy groups -OCH3 is 3. The molecule has 0 radical (unpaired) electrons. The highest BCUT2D eigenvalue weighted by molar-refractivity contribution is 7.78. The van der Waals surface area contributed by atoms with Gasteiger partial charge in [0.1, 0.15) is 5.69 Å². The van der Waals surface area contributed by atoms with Gasteiger partial charge >= 0.3 is 0 Å². The van der Waals surface area contributed by atoms with Crippen molar-refractivity contribution in [3.63, 3.8) is 0 Å². The van der Waals surface area contributed by atoms with Crippen LogP contribution in [0.1, 0.15) is 21.6 Å². The molecular weight excluding hydrogens is 364 g/mol. The standard InChI is InChI=1S/C20H20N2O4S/c1-12-5-7-13(8-6-12)20-21-15(11-22(20)27)18(23)14-9-16(24-2)19(26-4)17(10-14)25-3/h5-11,27H,1-4H3. The van der Waals surface area contributed by atoms with E-state index in [1.807, 2.05) is 31.2 Å². The van der Waals surface area contributed by atoms with Gasteiger partial charge in [0.15, 0.2) is 17.3 Å². The van der Waals surface area contributed by atoms with Crippen LogP contribution in [0.2, 0.25) is 0 Å². The zero-order valence-corrected chi connectivity index (χ0v) is 16.4. The van der Waals surface area contributed by atoms with Crippen molar-refractivity contribution in [2.24, 2.45) is 0 Å². The van der Waals surface area contributed by atoms with Crippen molar-refractivity contribution >= 4 is 18.6 Å². The van der Waals surface area contributed by atoms with Crippen LogP contribution < -0.4 is 14.2 Å². The number of carbonyl (C=O) groups is 1. The molecule has 7 heteroatoms. The minimum atomic E-state index is -0.268. The number of rotatable bonds is 6. The molecule has 0 saturated heterocycles. The van der Waals surface area contributed by atoms with Crippen LogP contribution in [0.4, 0.5) is 0 Å². The first-order chi connectivity index (χ1) is 13.0. The van der Waals surface area contributed by atoms with Crippen molar-refractivity contribution in [1.82, 2.24) is 8.96 Å². The molecule has 1 heterocycles. The molecule has 0 N–H and O–H groups in total. The first kappa shape index (κ1) is 18.8. The molecule has 0 unspecified atom stereocenters. The monoisotopic (exact) mass is 384 g/mol. The molecule has 3 aromatic rings. The molecule has 6 nitrogen and oxygen atoms in total. The van der Waals surface area contributed by atoms with E-state index in [-0.39, 0.29) is 11.5 Å². The fourth-order valence-electron chi connectivity index (χ4n) is 2.74. The van der Waals surface area contributed by atoms with E-state index in [2.05, 4.69) is 17.8 Å². The summed E-state index contributed by atoms with van der Waals surface area (Å²) >= 11 is 4.40. The van der Waals surface area contributed by atoms with Crippen LogP contribution in [0, 0.1) is 6.92 Å². The van der Waals surface area contributed by atoms with Gasteiger partial charge in [-0.3, -0.25) is 8.77 Å².